The normalized spacial score (nSPS) is 16.4. The molecule has 1 fully saturated rings. The van der Waals surface area contributed by atoms with Crippen LogP contribution in [-0.2, 0) is 6.42 Å². The van der Waals surface area contributed by atoms with Gasteiger partial charge in [-0.15, -0.1) is 10.2 Å². The van der Waals surface area contributed by atoms with Crippen LogP contribution in [0.25, 0.3) is 0 Å². The third-order valence-electron chi connectivity index (χ3n) is 4.80. The highest BCUT2D eigenvalue weighted by molar-refractivity contribution is 7.15. The minimum Gasteiger partial charge on any atom is -0.373 e. The zero-order valence-corrected chi connectivity index (χ0v) is 16.4. The van der Waals surface area contributed by atoms with Gasteiger partial charge in [-0.05, 0) is 30.5 Å². The van der Waals surface area contributed by atoms with E-state index in [1.54, 1.807) is 18.5 Å². The summed E-state index contributed by atoms with van der Waals surface area (Å²) in [6.07, 6.45) is 4.49. The molecule has 1 aliphatic rings. The van der Waals surface area contributed by atoms with E-state index >= 15 is 0 Å². The van der Waals surface area contributed by atoms with Crippen LogP contribution in [-0.4, -0.2) is 46.3 Å². The van der Waals surface area contributed by atoms with E-state index in [1.165, 1.54) is 23.5 Å². The van der Waals surface area contributed by atoms with Crippen LogP contribution in [0.4, 0.5) is 21.2 Å². The summed E-state index contributed by atoms with van der Waals surface area (Å²) in [5.74, 6) is 1.53. The highest BCUT2D eigenvalue weighted by atomic mass is 32.1. The summed E-state index contributed by atoms with van der Waals surface area (Å²) < 4.78 is 13.0. The molecule has 28 heavy (non-hydrogen) atoms. The second kappa shape index (κ2) is 8.47. The van der Waals surface area contributed by atoms with Crippen molar-refractivity contribution >= 4 is 28.1 Å². The van der Waals surface area contributed by atoms with Crippen molar-refractivity contribution in [2.45, 2.75) is 25.3 Å². The molecule has 1 unspecified atom stereocenters. The summed E-state index contributed by atoms with van der Waals surface area (Å²) in [5.41, 5.74) is 1.02. The predicted octanol–water partition coefficient (Wildman–Crippen LogP) is 3.18. The van der Waals surface area contributed by atoms with Gasteiger partial charge in [-0.25, -0.2) is 14.4 Å². The topological polar surface area (TPSA) is 78.9 Å². The number of hydrogen-bond acceptors (Lipinski definition) is 8. The van der Waals surface area contributed by atoms with Crippen LogP contribution in [0, 0.1) is 5.82 Å². The molecule has 2 N–H and O–H groups in total. The standard InChI is InChI=1S/C19H22FN7S/c1-21-16-10-17(24-12-23-16)27-8-2-3-15(27)11-22-19-26-25-18(28-19)9-13-4-6-14(20)7-5-13/h4-7,10,12,15H,2-3,8-9,11H2,1H3,(H,22,26)(H,21,23,24). The molecule has 3 aromatic rings. The smallest absolute Gasteiger partial charge is 0.205 e. The summed E-state index contributed by atoms with van der Waals surface area (Å²) in [6, 6.07) is 8.82. The van der Waals surface area contributed by atoms with Gasteiger partial charge in [0.05, 0.1) is 0 Å². The van der Waals surface area contributed by atoms with Gasteiger partial charge in [-0.1, -0.05) is 23.5 Å². The summed E-state index contributed by atoms with van der Waals surface area (Å²) >= 11 is 1.54. The molecule has 0 radical (unpaired) electrons. The molecule has 0 bridgehead atoms. The summed E-state index contributed by atoms with van der Waals surface area (Å²) in [6.45, 7) is 1.77. The Kier molecular flexibility index (Phi) is 5.61. The van der Waals surface area contributed by atoms with E-state index in [2.05, 4.69) is 35.7 Å². The van der Waals surface area contributed by atoms with E-state index in [0.717, 1.165) is 53.3 Å². The predicted molar refractivity (Wildman–Crippen MR) is 110 cm³/mol. The third kappa shape index (κ3) is 4.36. The van der Waals surface area contributed by atoms with Crippen LogP contribution >= 0.6 is 11.3 Å². The Labute approximate surface area is 167 Å². The van der Waals surface area contributed by atoms with Crippen molar-refractivity contribution in [1.82, 2.24) is 20.2 Å². The number of nitrogens with zero attached hydrogens (tertiary/aromatic N) is 5. The van der Waals surface area contributed by atoms with Crippen LogP contribution < -0.4 is 15.5 Å². The van der Waals surface area contributed by atoms with Gasteiger partial charge >= 0.3 is 0 Å². The molecule has 4 rings (SSSR count). The Bertz CT molecular complexity index is 915. The van der Waals surface area contributed by atoms with E-state index in [9.17, 15) is 4.39 Å². The third-order valence-corrected chi connectivity index (χ3v) is 5.69. The molecule has 3 heterocycles. The average Bonchev–Trinajstić information content (AvgIpc) is 3.37. The van der Waals surface area contributed by atoms with Gasteiger partial charge in [0.15, 0.2) is 0 Å². The van der Waals surface area contributed by atoms with Crippen LogP contribution in [0.2, 0.25) is 0 Å². The van der Waals surface area contributed by atoms with Crippen molar-refractivity contribution < 1.29 is 4.39 Å². The molecule has 2 aromatic heterocycles. The number of aromatic nitrogens is 4. The Hall–Kier alpha value is -2.81. The lowest BCUT2D eigenvalue weighted by Crippen LogP contribution is -2.35. The summed E-state index contributed by atoms with van der Waals surface area (Å²) in [4.78, 5) is 10.9. The molecule has 7 nitrogen and oxygen atoms in total. The number of nitrogens with one attached hydrogen (secondary N) is 2. The number of hydrogen-bond donors (Lipinski definition) is 2. The number of anilines is 3. The second-order valence-electron chi connectivity index (χ2n) is 6.69. The van der Waals surface area contributed by atoms with Gasteiger partial charge < -0.3 is 15.5 Å². The Morgan fingerprint density at radius 1 is 1.21 bits per heavy atom. The van der Waals surface area contributed by atoms with Crippen molar-refractivity contribution in [1.29, 1.82) is 0 Å². The lowest BCUT2D eigenvalue weighted by atomic mass is 10.2. The maximum atomic E-state index is 13.0. The molecule has 0 saturated carbocycles. The van der Waals surface area contributed by atoms with E-state index in [0.29, 0.717) is 12.5 Å². The zero-order chi connectivity index (χ0) is 19.3. The number of rotatable bonds is 7. The van der Waals surface area contributed by atoms with Crippen LogP contribution in [0.15, 0.2) is 36.7 Å². The lowest BCUT2D eigenvalue weighted by Gasteiger charge is -2.25. The Balaban J connectivity index is 1.36. The van der Waals surface area contributed by atoms with Crippen LogP contribution in [0.5, 0.6) is 0 Å². The SMILES string of the molecule is CNc1cc(N2CCCC2CNc2nnc(Cc3ccc(F)cc3)s2)ncn1. The molecule has 1 atom stereocenters. The highest BCUT2D eigenvalue weighted by Gasteiger charge is 2.26. The Morgan fingerprint density at radius 3 is 2.89 bits per heavy atom. The monoisotopic (exact) mass is 399 g/mol. The maximum absolute atomic E-state index is 13.0. The zero-order valence-electron chi connectivity index (χ0n) is 15.6. The van der Waals surface area contributed by atoms with Gasteiger partial charge in [0.25, 0.3) is 0 Å². The minimum atomic E-state index is -0.227. The van der Waals surface area contributed by atoms with E-state index < -0.39 is 0 Å². The first-order valence-corrected chi connectivity index (χ1v) is 10.1. The molecule has 146 valence electrons. The first-order chi connectivity index (χ1) is 13.7. The molecular formula is C19H22FN7S. The molecule has 1 saturated heterocycles. The maximum Gasteiger partial charge on any atom is 0.205 e. The molecule has 1 aliphatic heterocycles. The summed E-state index contributed by atoms with van der Waals surface area (Å²) in [7, 11) is 1.86. The van der Waals surface area contributed by atoms with Gasteiger partial charge in [0.1, 0.15) is 28.8 Å². The van der Waals surface area contributed by atoms with Crippen molar-refractivity contribution in [2.24, 2.45) is 0 Å². The highest BCUT2D eigenvalue weighted by Crippen LogP contribution is 2.26. The Morgan fingerprint density at radius 2 is 2.07 bits per heavy atom. The molecular weight excluding hydrogens is 377 g/mol. The lowest BCUT2D eigenvalue weighted by molar-refractivity contribution is 0.627. The first kappa shape index (κ1) is 18.5. The molecule has 0 aliphatic carbocycles. The van der Waals surface area contributed by atoms with E-state index in [4.69, 9.17) is 0 Å². The first-order valence-electron chi connectivity index (χ1n) is 9.28. The van der Waals surface area contributed by atoms with E-state index in [1.807, 2.05) is 13.1 Å². The van der Waals surface area contributed by atoms with Crippen molar-refractivity contribution in [3.05, 3.63) is 53.0 Å². The van der Waals surface area contributed by atoms with Crippen molar-refractivity contribution in [2.75, 3.05) is 35.7 Å². The fraction of sp³-hybridized carbons (Fsp3) is 0.368. The van der Waals surface area contributed by atoms with E-state index in [-0.39, 0.29) is 5.82 Å². The van der Waals surface area contributed by atoms with Crippen molar-refractivity contribution in [3.8, 4) is 0 Å². The van der Waals surface area contributed by atoms with Crippen LogP contribution in [0.3, 0.4) is 0 Å². The quantitative estimate of drug-likeness (QED) is 0.632. The largest absolute Gasteiger partial charge is 0.373 e. The molecule has 0 amide bonds. The minimum absolute atomic E-state index is 0.227. The molecule has 1 aromatic carbocycles. The van der Waals surface area contributed by atoms with Gasteiger partial charge in [0.2, 0.25) is 5.13 Å². The van der Waals surface area contributed by atoms with Gasteiger partial charge in [-0.2, -0.15) is 0 Å². The fourth-order valence-electron chi connectivity index (χ4n) is 3.37. The average molecular weight is 399 g/mol. The second-order valence-corrected chi connectivity index (χ2v) is 7.75. The number of benzene rings is 1. The fourth-order valence-corrected chi connectivity index (χ4v) is 4.15. The van der Waals surface area contributed by atoms with Crippen LogP contribution in [0.1, 0.15) is 23.4 Å². The number of halogens is 1. The van der Waals surface area contributed by atoms with Crippen molar-refractivity contribution in [3.63, 3.8) is 0 Å². The van der Waals surface area contributed by atoms with Gasteiger partial charge in [0, 0.05) is 38.7 Å². The van der Waals surface area contributed by atoms with Gasteiger partial charge in [-0.3, -0.25) is 0 Å². The molecule has 9 heteroatoms. The molecule has 0 spiro atoms. The summed E-state index contributed by atoms with van der Waals surface area (Å²) in [5, 5.41) is 16.7.